The van der Waals surface area contributed by atoms with Gasteiger partial charge in [-0.3, -0.25) is 0 Å². The molecule has 1 heterocycles. The lowest BCUT2D eigenvalue weighted by molar-refractivity contribution is -0.658. The van der Waals surface area contributed by atoms with E-state index in [1.165, 1.54) is 5.56 Å². The molecule has 0 aliphatic carbocycles. The fourth-order valence-corrected chi connectivity index (χ4v) is 1.93. The molecule has 0 bridgehead atoms. The van der Waals surface area contributed by atoms with E-state index in [4.69, 9.17) is 10.5 Å². The van der Waals surface area contributed by atoms with E-state index in [0.717, 1.165) is 17.1 Å². The van der Waals surface area contributed by atoms with Gasteiger partial charge in [0, 0.05) is 12.1 Å². The second-order valence-corrected chi connectivity index (χ2v) is 4.76. The highest BCUT2D eigenvalue weighted by molar-refractivity contribution is 5.63. The number of nitrogens with two attached hydrogens (primary N) is 1. The molecule has 5 nitrogen and oxygen atoms in total. The summed E-state index contributed by atoms with van der Waals surface area (Å²) in [6.07, 6.45) is 2.00. The molecule has 20 heavy (non-hydrogen) atoms. The molecule has 5 heteroatoms. The third kappa shape index (κ3) is 2.93. The van der Waals surface area contributed by atoms with Crippen molar-refractivity contribution in [1.82, 2.24) is 0 Å². The number of ether oxygens (including phenoxy) is 1. The van der Waals surface area contributed by atoms with Gasteiger partial charge in [0.2, 0.25) is 0 Å². The van der Waals surface area contributed by atoms with Crippen molar-refractivity contribution >= 4 is 17.2 Å². The minimum atomic E-state index is 0.602. The number of nitrogens with zero attached hydrogens (tertiary/aromatic N) is 3. The van der Waals surface area contributed by atoms with Crippen LogP contribution >= 0.6 is 0 Å². The molecule has 1 aromatic carbocycles. The molecule has 0 saturated heterocycles. The van der Waals surface area contributed by atoms with Gasteiger partial charge in [0.1, 0.15) is 11.4 Å². The maximum atomic E-state index is 5.85. The van der Waals surface area contributed by atoms with Crippen LogP contribution in [0, 0.1) is 13.8 Å². The first-order valence-corrected chi connectivity index (χ1v) is 6.33. The Morgan fingerprint density at radius 3 is 2.55 bits per heavy atom. The summed E-state index contributed by atoms with van der Waals surface area (Å²) in [5, 5.41) is 8.56. The Labute approximate surface area is 118 Å². The number of nitrogen functional groups attached to an aromatic ring is 1. The Kier molecular flexibility index (Phi) is 3.98. The predicted octanol–water partition coefficient (Wildman–Crippen LogP) is 3.13. The van der Waals surface area contributed by atoms with Gasteiger partial charge in [0.05, 0.1) is 31.2 Å². The molecule has 0 aliphatic rings. The normalized spacial score (nSPS) is 11.0. The van der Waals surface area contributed by atoms with Crippen LogP contribution in [0.25, 0.3) is 0 Å². The molecule has 2 rings (SSSR count). The summed E-state index contributed by atoms with van der Waals surface area (Å²) in [5.74, 6) is 1.39. The maximum absolute atomic E-state index is 5.85. The molecular weight excluding hydrogens is 252 g/mol. The van der Waals surface area contributed by atoms with Crippen LogP contribution in [0.1, 0.15) is 11.1 Å². The monoisotopic (exact) mass is 271 g/mol. The van der Waals surface area contributed by atoms with E-state index >= 15 is 0 Å². The zero-order valence-corrected chi connectivity index (χ0v) is 12.2. The highest BCUT2D eigenvalue weighted by Gasteiger charge is 2.09. The van der Waals surface area contributed by atoms with E-state index in [1.54, 1.807) is 13.2 Å². The number of methoxy groups -OCH3 is 1. The predicted molar refractivity (Wildman–Crippen MR) is 78.7 cm³/mol. The summed E-state index contributed by atoms with van der Waals surface area (Å²) in [5.41, 5.74) is 9.33. The highest BCUT2D eigenvalue weighted by Crippen LogP contribution is 2.31. The average Bonchev–Trinajstić information content (AvgIpc) is 2.39. The topological polar surface area (TPSA) is 63.9 Å². The number of rotatable bonds is 3. The molecule has 0 aliphatic heterocycles. The molecule has 104 valence electrons. The van der Waals surface area contributed by atoms with Gasteiger partial charge >= 0.3 is 5.82 Å². The van der Waals surface area contributed by atoms with Gasteiger partial charge in [-0.2, -0.15) is 0 Å². The Balaban J connectivity index is 2.36. The zero-order chi connectivity index (χ0) is 14.7. The Morgan fingerprint density at radius 2 is 1.90 bits per heavy atom. The quantitative estimate of drug-likeness (QED) is 0.529. The van der Waals surface area contributed by atoms with Crippen molar-refractivity contribution in [3.63, 3.8) is 0 Å². The molecule has 0 saturated carbocycles. The fraction of sp³-hybridized carbons (Fsp3) is 0.267. The lowest BCUT2D eigenvalue weighted by atomic mass is 10.1. The Bertz CT molecular complexity index is 665. The van der Waals surface area contributed by atoms with E-state index in [2.05, 4.69) is 10.2 Å². The summed E-state index contributed by atoms with van der Waals surface area (Å²) >= 11 is 0. The molecule has 2 aromatic rings. The number of anilines is 1. The van der Waals surface area contributed by atoms with Crippen LogP contribution in [0.5, 0.6) is 5.75 Å². The van der Waals surface area contributed by atoms with E-state index in [1.807, 2.05) is 49.9 Å². The summed E-state index contributed by atoms with van der Waals surface area (Å²) in [7, 11) is 3.53. The van der Waals surface area contributed by atoms with Crippen LogP contribution in [0.3, 0.4) is 0 Å². The maximum Gasteiger partial charge on any atom is 0.350 e. The first-order chi connectivity index (χ1) is 9.51. The van der Waals surface area contributed by atoms with Crippen molar-refractivity contribution in [2.75, 3.05) is 12.8 Å². The second kappa shape index (κ2) is 5.69. The molecule has 0 unspecified atom stereocenters. The smallest absolute Gasteiger partial charge is 0.350 e. The Hall–Kier alpha value is -2.43. The fourth-order valence-electron chi connectivity index (χ4n) is 1.93. The number of hydrogen-bond acceptors (Lipinski definition) is 4. The van der Waals surface area contributed by atoms with E-state index in [0.29, 0.717) is 11.4 Å². The Morgan fingerprint density at radius 1 is 1.15 bits per heavy atom. The molecule has 1 aromatic heterocycles. The number of aryl methyl sites for hydroxylation is 3. The number of pyridine rings is 1. The van der Waals surface area contributed by atoms with Gasteiger partial charge in [-0.15, -0.1) is 0 Å². The molecular formula is C15H19N4O+. The van der Waals surface area contributed by atoms with Gasteiger partial charge in [0.25, 0.3) is 0 Å². The lowest BCUT2D eigenvalue weighted by Crippen LogP contribution is -2.27. The largest absolute Gasteiger partial charge is 0.495 e. The highest BCUT2D eigenvalue weighted by atomic mass is 16.5. The van der Waals surface area contributed by atoms with Crippen molar-refractivity contribution in [1.29, 1.82) is 0 Å². The van der Waals surface area contributed by atoms with E-state index in [-0.39, 0.29) is 0 Å². The van der Waals surface area contributed by atoms with Crippen molar-refractivity contribution in [3.8, 4) is 5.75 Å². The minimum Gasteiger partial charge on any atom is -0.495 e. The van der Waals surface area contributed by atoms with Crippen molar-refractivity contribution < 1.29 is 9.30 Å². The summed E-state index contributed by atoms with van der Waals surface area (Å²) in [6, 6.07) is 7.57. The van der Waals surface area contributed by atoms with Crippen LogP contribution in [-0.4, -0.2) is 7.11 Å². The zero-order valence-electron chi connectivity index (χ0n) is 12.2. The molecule has 0 atom stereocenters. The van der Waals surface area contributed by atoms with Crippen molar-refractivity contribution in [3.05, 3.63) is 41.6 Å². The third-order valence-corrected chi connectivity index (χ3v) is 3.06. The van der Waals surface area contributed by atoms with Crippen LogP contribution in [-0.2, 0) is 7.05 Å². The third-order valence-electron chi connectivity index (χ3n) is 3.06. The van der Waals surface area contributed by atoms with Gasteiger partial charge in [-0.1, -0.05) is 0 Å². The van der Waals surface area contributed by atoms with Crippen LogP contribution in [0.15, 0.2) is 40.7 Å². The van der Waals surface area contributed by atoms with Gasteiger partial charge < -0.3 is 10.5 Å². The molecule has 0 fully saturated rings. The van der Waals surface area contributed by atoms with Gasteiger partial charge in [-0.05, 0) is 42.2 Å². The van der Waals surface area contributed by atoms with Gasteiger partial charge in [0.15, 0.2) is 0 Å². The van der Waals surface area contributed by atoms with Crippen molar-refractivity contribution in [2.45, 2.75) is 13.8 Å². The SMILES string of the molecule is COc1cc(N=Nc2ccc(C)c[n+]2C)c(C)cc1N. The number of azo groups is 1. The van der Waals surface area contributed by atoms with E-state index < -0.39 is 0 Å². The van der Waals surface area contributed by atoms with E-state index in [9.17, 15) is 0 Å². The van der Waals surface area contributed by atoms with Gasteiger partial charge in [-0.25, -0.2) is 4.57 Å². The summed E-state index contributed by atoms with van der Waals surface area (Å²) < 4.78 is 7.13. The van der Waals surface area contributed by atoms with Crippen LogP contribution < -0.4 is 15.0 Å². The number of aromatic nitrogens is 1. The molecule has 0 spiro atoms. The standard InChI is InChI=1S/C15H18N4O/c1-10-5-6-15(19(3)9-10)18-17-13-8-14(20-4)12(16)7-11(13)2/h5-9,16H,1-4H3/p+1. The minimum absolute atomic E-state index is 0.602. The molecule has 0 radical (unpaired) electrons. The lowest BCUT2D eigenvalue weighted by Gasteiger charge is -2.06. The summed E-state index contributed by atoms with van der Waals surface area (Å²) in [4.78, 5) is 0. The number of hydrogen-bond donors (Lipinski definition) is 1. The number of benzene rings is 1. The first-order valence-electron chi connectivity index (χ1n) is 6.33. The first kappa shape index (κ1) is 14.0. The average molecular weight is 271 g/mol. The summed E-state index contributed by atoms with van der Waals surface area (Å²) in [6.45, 7) is 3.98. The van der Waals surface area contributed by atoms with Crippen molar-refractivity contribution in [2.24, 2.45) is 17.3 Å². The molecule has 2 N–H and O–H groups in total. The second-order valence-electron chi connectivity index (χ2n) is 4.76. The van der Waals surface area contributed by atoms with Crippen LogP contribution in [0.4, 0.5) is 17.2 Å². The molecule has 0 amide bonds. The van der Waals surface area contributed by atoms with Crippen LogP contribution in [0.2, 0.25) is 0 Å².